The first-order chi connectivity index (χ1) is 13.9. The Bertz CT molecular complexity index is 972. The monoisotopic (exact) mass is 473 g/mol. The Kier molecular flexibility index (Phi) is 7.98. The van der Waals surface area contributed by atoms with Crippen LogP contribution in [-0.4, -0.2) is 50.8 Å². The van der Waals surface area contributed by atoms with E-state index in [1.54, 1.807) is 52.1 Å². The lowest BCUT2D eigenvalue weighted by Crippen LogP contribution is -2.47. The van der Waals surface area contributed by atoms with Crippen molar-refractivity contribution in [2.45, 2.75) is 44.2 Å². The van der Waals surface area contributed by atoms with E-state index in [9.17, 15) is 18.9 Å². The number of benzene rings is 1. The van der Waals surface area contributed by atoms with Crippen LogP contribution >= 0.6 is 22.9 Å². The molecule has 0 aliphatic carbocycles. The number of anilines is 1. The van der Waals surface area contributed by atoms with E-state index >= 15 is 0 Å². The van der Waals surface area contributed by atoms with Gasteiger partial charge in [0.2, 0.25) is 0 Å². The quantitative estimate of drug-likeness (QED) is 0.561. The number of nitrogens with zero attached hydrogens (tertiary/aromatic N) is 1. The van der Waals surface area contributed by atoms with Crippen molar-refractivity contribution in [3.05, 3.63) is 28.9 Å². The molecule has 8 nitrogen and oxygen atoms in total. The molecule has 2 rings (SSSR count). The fraction of sp³-hybridized carbons (Fsp3) is 0.421. The number of carboxylic acid groups (broad SMARTS) is 1. The molecule has 0 aliphatic heterocycles. The minimum Gasteiger partial charge on any atom is -0.480 e. The molecule has 2 aromatic rings. The Hall–Kier alpha value is -2.01. The van der Waals surface area contributed by atoms with E-state index in [0.717, 1.165) is 10.4 Å². The van der Waals surface area contributed by atoms with Gasteiger partial charge in [-0.3, -0.25) is 9.53 Å². The Morgan fingerprint density at radius 2 is 2.03 bits per heavy atom. The molecule has 1 aromatic heterocycles. The number of halogens is 1. The number of carbonyl (C=O) groups is 2. The third kappa shape index (κ3) is 6.76. The SMILES string of the molecule is Cc1nc(NC(=O)NC(COC(C)(C)C)C(=O)O)sc1-c1ccc(Cl)c(S(C)=O)c1. The molecule has 0 saturated carbocycles. The maximum atomic E-state index is 12.3. The molecule has 30 heavy (non-hydrogen) atoms. The van der Waals surface area contributed by atoms with Gasteiger partial charge in [0.25, 0.3) is 0 Å². The molecule has 2 amide bonds. The minimum absolute atomic E-state index is 0.171. The molecule has 164 valence electrons. The highest BCUT2D eigenvalue weighted by atomic mass is 35.5. The van der Waals surface area contributed by atoms with Crippen molar-refractivity contribution in [2.75, 3.05) is 18.2 Å². The maximum Gasteiger partial charge on any atom is 0.328 e. The second kappa shape index (κ2) is 9.86. The largest absolute Gasteiger partial charge is 0.480 e. The molecule has 2 unspecified atom stereocenters. The van der Waals surface area contributed by atoms with Gasteiger partial charge in [0.15, 0.2) is 11.2 Å². The van der Waals surface area contributed by atoms with Crippen molar-refractivity contribution in [3.63, 3.8) is 0 Å². The Morgan fingerprint density at radius 1 is 1.37 bits per heavy atom. The highest BCUT2D eigenvalue weighted by molar-refractivity contribution is 7.84. The third-order valence-electron chi connectivity index (χ3n) is 3.81. The fourth-order valence-corrected chi connectivity index (χ4v) is 4.42. The Morgan fingerprint density at radius 3 is 2.60 bits per heavy atom. The fourth-order valence-electron chi connectivity index (χ4n) is 2.38. The van der Waals surface area contributed by atoms with Gasteiger partial charge in [-0.25, -0.2) is 14.6 Å². The van der Waals surface area contributed by atoms with Crippen molar-refractivity contribution in [1.82, 2.24) is 10.3 Å². The number of aryl methyl sites for hydroxylation is 1. The molecule has 0 radical (unpaired) electrons. The van der Waals surface area contributed by atoms with E-state index in [0.29, 0.717) is 20.7 Å². The normalized spacial score (nSPS) is 13.5. The van der Waals surface area contributed by atoms with E-state index in [2.05, 4.69) is 15.6 Å². The van der Waals surface area contributed by atoms with Gasteiger partial charge in [-0.05, 0) is 45.4 Å². The number of rotatable bonds is 7. The lowest BCUT2D eigenvalue weighted by atomic mass is 10.2. The minimum atomic E-state index is -1.25. The number of aromatic nitrogens is 1. The summed E-state index contributed by atoms with van der Waals surface area (Å²) in [6, 6.07) is 3.27. The van der Waals surface area contributed by atoms with Gasteiger partial charge in [0.05, 0.1) is 43.5 Å². The van der Waals surface area contributed by atoms with Crippen LogP contribution in [0.1, 0.15) is 26.5 Å². The van der Waals surface area contributed by atoms with Gasteiger partial charge < -0.3 is 15.2 Å². The Balaban J connectivity index is 2.13. The van der Waals surface area contributed by atoms with Crippen molar-refractivity contribution in [1.29, 1.82) is 0 Å². The van der Waals surface area contributed by atoms with Crippen LogP contribution in [0.5, 0.6) is 0 Å². The zero-order valence-electron chi connectivity index (χ0n) is 17.2. The number of carbonyl (C=O) groups excluding carboxylic acids is 1. The molecule has 0 saturated heterocycles. The maximum absolute atomic E-state index is 12.3. The van der Waals surface area contributed by atoms with Crippen LogP contribution < -0.4 is 10.6 Å². The van der Waals surface area contributed by atoms with Crippen molar-refractivity contribution >= 4 is 50.9 Å². The molecular weight excluding hydrogens is 450 g/mol. The number of hydrogen-bond acceptors (Lipinski definition) is 6. The summed E-state index contributed by atoms with van der Waals surface area (Å²) in [5.74, 6) is -1.20. The van der Waals surface area contributed by atoms with Crippen LogP contribution in [0.2, 0.25) is 5.02 Å². The first-order valence-electron chi connectivity index (χ1n) is 8.92. The smallest absolute Gasteiger partial charge is 0.328 e. The second-order valence-electron chi connectivity index (χ2n) is 7.45. The lowest BCUT2D eigenvalue weighted by molar-refractivity contribution is -0.142. The summed E-state index contributed by atoms with van der Waals surface area (Å²) in [6.45, 7) is 6.99. The molecule has 3 N–H and O–H groups in total. The van der Waals surface area contributed by atoms with Crippen molar-refractivity contribution < 1.29 is 23.6 Å². The number of carboxylic acids is 1. The van der Waals surface area contributed by atoms with Gasteiger partial charge in [-0.1, -0.05) is 29.0 Å². The van der Waals surface area contributed by atoms with Crippen molar-refractivity contribution in [3.8, 4) is 10.4 Å². The first kappa shape index (κ1) is 24.3. The number of amides is 2. The van der Waals surface area contributed by atoms with Crippen LogP contribution in [0.4, 0.5) is 9.93 Å². The molecule has 1 heterocycles. The number of thiazole rings is 1. The molecule has 0 aliphatic rings. The average molecular weight is 474 g/mol. The van der Waals surface area contributed by atoms with Gasteiger partial charge in [0.1, 0.15) is 0 Å². The zero-order valence-corrected chi connectivity index (χ0v) is 19.6. The van der Waals surface area contributed by atoms with E-state index in [-0.39, 0.29) is 6.61 Å². The van der Waals surface area contributed by atoms with Gasteiger partial charge in [-0.2, -0.15) is 0 Å². The molecule has 0 spiro atoms. The highest BCUT2D eigenvalue weighted by Crippen LogP contribution is 2.35. The van der Waals surface area contributed by atoms with Gasteiger partial charge >= 0.3 is 12.0 Å². The summed E-state index contributed by atoms with van der Waals surface area (Å²) in [5.41, 5.74) is 0.901. The predicted molar refractivity (Wildman–Crippen MR) is 119 cm³/mol. The van der Waals surface area contributed by atoms with Crippen LogP contribution in [0.15, 0.2) is 23.1 Å². The van der Waals surface area contributed by atoms with E-state index in [1.165, 1.54) is 11.3 Å². The van der Waals surface area contributed by atoms with E-state index in [1.807, 2.05) is 0 Å². The highest BCUT2D eigenvalue weighted by Gasteiger charge is 2.24. The zero-order chi connectivity index (χ0) is 22.6. The Labute approximate surface area is 186 Å². The molecule has 11 heteroatoms. The standard InChI is InChI=1S/C19H24ClN3O5S2/c1-10-15(11-6-7-12(20)14(8-11)30(5)27)29-18(21-10)23-17(26)22-13(16(24)25)9-28-19(2,3)4/h6-8,13H,9H2,1-5H3,(H,24,25)(H2,21,22,23,26). The summed E-state index contributed by atoms with van der Waals surface area (Å²) in [6.07, 6.45) is 1.55. The number of ether oxygens (including phenoxy) is 1. The lowest BCUT2D eigenvalue weighted by Gasteiger charge is -2.23. The van der Waals surface area contributed by atoms with Crippen LogP contribution in [0, 0.1) is 6.92 Å². The van der Waals surface area contributed by atoms with Crippen LogP contribution in [-0.2, 0) is 20.3 Å². The van der Waals surface area contributed by atoms with Crippen LogP contribution in [0.25, 0.3) is 10.4 Å². The molecule has 1 aromatic carbocycles. The number of hydrogen-bond donors (Lipinski definition) is 3. The average Bonchev–Trinajstić information content (AvgIpc) is 2.97. The summed E-state index contributed by atoms with van der Waals surface area (Å²) in [4.78, 5) is 29.3. The topological polar surface area (TPSA) is 118 Å². The molecule has 0 fully saturated rings. The van der Waals surface area contributed by atoms with Crippen LogP contribution in [0.3, 0.4) is 0 Å². The summed E-state index contributed by atoms with van der Waals surface area (Å²) in [5, 5.41) is 14.9. The number of urea groups is 1. The van der Waals surface area contributed by atoms with E-state index in [4.69, 9.17) is 16.3 Å². The van der Waals surface area contributed by atoms with Gasteiger partial charge in [-0.15, -0.1) is 0 Å². The predicted octanol–water partition coefficient (Wildman–Crippen LogP) is 3.90. The van der Waals surface area contributed by atoms with Crippen molar-refractivity contribution in [2.24, 2.45) is 0 Å². The second-order valence-corrected chi connectivity index (χ2v) is 10.2. The van der Waals surface area contributed by atoms with Gasteiger partial charge in [0, 0.05) is 6.26 Å². The summed E-state index contributed by atoms with van der Waals surface area (Å²) in [7, 11) is -1.25. The number of aliphatic carboxylic acids is 1. The molecular formula is C19H24ClN3O5S2. The first-order valence-corrected chi connectivity index (χ1v) is 11.7. The van der Waals surface area contributed by atoms with E-state index < -0.39 is 34.4 Å². The molecule has 0 bridgehead atoms. The third-order valence-corrected chi connectivity index (χ3v) is 6.33. The number of nitrogens with one attached hydrogen (secondary N) is 2. The summed E-state index contributed by atoms with van der Waals surface area (Å²) >= 11 is 7.31. The molecule has 2 atom stereocenters. The summed E-state index contributed by atoms with van der Waals surface area (Å²) < 4.78 is 17.3.